The number of fused-ring (bicyclic) bond motifs is 2. The molecular weight excluding hydrogens is 388 g/mol. The van der Waals surface area contributed by atoms with Gasteiger partial charge in [0.05, 0.1) is 24.4 Å². The van der Waals surface area contributed by atoms with Crippen molar-refractivity contribution in [2.24, 2.45) is 0 Å². The predicted molar refractivity (Wildman–Crippen MR) is 68.5 cm³/mol. The van der Waals surface area contributed by atoms with Gasteiger partial charge in [0.2, 0.25) is 0 Å². The summed E-state index contributed by atoms with van der Waals surface area (Å²) in [6.07, 6.45) is -4.39. The molecule has 3 aliphatic rings. The quantitative estimate of drug-likeness (QED) is 0.562. The molecule has 8 atom stereocenters. The minimum atomic E-state index is -4.57. The molecule has 0 aromatic carbocycles. The van der Waals surface area contributed by atoms with Gasteiger partial charge in [0.1, 0.15) is 0 Å². The molecule has 2 saturated heterocycles. The molecule has 16 heteroatoms. The molecular formula is C6H12O12P4. The van der Waals surface area contributed by atoms with Crippen LogP contribution < -0.4 is 0 Å². The molecule has 2 N–H and O–H groups in total. The number of rotatable bonds is 0. The molecule has 1 aliphatic carbocycles. The maximum absolute atomic E-state index is 11.5. The van der Waals surface area contributed by atoms with Gasteiger partial charge >= 0.3 is 32.2 Å². The topological polar surface area (TPSA) is 164 Å². The van der Waals surface area contributed by atoms with Gasteiger partial charge in [0.25, 0.3) is 0 Å². The monoisotopic (exact) mass is 400 g/mol. The van der Waals surface area contributed by atoms with Crippen molar-refractivity contribution in [3.63, 3.8) is 0 Å². The fourth-order valence-electron chi connectivity index (χ4n) is 2.40. The van der Waals surface area contributed by atoms with Crippen LogP contribution in [-0.4, -0.2) is 34.2 Å². The van der Waals surface area contributed by atoms with Crippen LogP contribution >= 0.6 is 32.2 Å². The molecule has 12 nitrogen and oxygen atoms in total. The van der Waals surface area contributed by atoms with Gasteiger partial charge in [0, 0.05) is 12.8 Å². The van der Waals surface area contributed by atoms with E-state index in [-0.39, 0.29) is 12.8 Å². The summed E-state index contributed by atoms with van der Waals surface area (Å²) >= 11 is 0. The van der Waals surface area contributed by atoms with Gasteiger partial charge in [0.15, 0.2) is 0 Å². The lowest BCUT2D eigenvalue weighted by Gasteiger charge is -2.36. The first-order valence-electron chi connectivity index (χ1n) is 5.96. The van der Waals surface area contributed by atoms with E-state index in [2.05, 4.69) is 8.62 Å². The molecule has 3 fully saturated rings. The Labute approximate surface area is 125 Å². The van der Waals surface area contributed by atoms with E-state index in [1.807, 2.05) is 0 Å². The van der Waals surface area contributed by atoms with E-state index in [4.69, 9.17) is 18.1 Å². The second-order valence-electron chi connectivity index (χ2n) is 4.69. The van der Waals surface area contributed by atoms with Gasteiger partial charge in [-0.25, -0.2) is 17.8 Å². The van der Waals surface area contributed by atoms with Crippen LogP contribution in [0.1, 0.15) is 12.8 Å². The van der Waals surface area contributed by atoms with Gasteiger partial charge in [-0.3, -0.25) is 18.2 Å². The highest BCUT2D eigenvalue weighted by atomic mass is 31.2. The maximum atomic E-state index is 11.5. The van der Waals surface area contributed by atoms with Crippen LogP contribution in [0.15, 0.2) is 0 Å². The zero-order chi connectivity index (χ0) is 16.1. The molecule has 128 valence electrons. The summed E-state index contributed by atoms with van der Waals surface area (Å²) in [6.45, 7) is 0. The van der Waals surface area contributed by atoms with E-state index in [1.165, 1.54) is 0 Å². The fourth-order valence-corrected chi connectivity index (χ4v) is 6.71. The van der Waals surface area contributed by atoms with Gasteiger partial charge in [-0.15, -0.1) is 0 Å². The fraction of sp³-hybridized carbons (Fsp3) is 1.00. The molecule has 0 aromatic heterocycles. The van der Waals surface area contributed by atoms with Crippen molar-refractivity contribution < 1.29 is 54.8 Å². The molecule has 0 spiro atoms. The summed E-state index contributed by atoms with van der Waals surface area (Å²) in [6, 6.07) is 0. The average Bonchev–Trinajstić information content (AvgIpc) is 2.48. The Balaban J connectivity index is 1.84. The molecule has 1 saturated carbocycles. The first kappa shape index (κ1) is 17.4. The summed E-state index contributed by atoms with van der Waals surface area (Å²) in [5.41, 5.74) is 0. The van der Waals surface area contributed by atoms with E-state index in [9.17, 15) is 28.0 Å². The summed E-state index contributed by atoms with van der Waals surface area (Å²) in [4.78, 5) is 18.7. The van der Waals surface area contributed by atoms with Gasteiger partial charge in [-0.1, -0.05) is 0 Å². The third kappa shape index (κ3) is 3.98. The first-order chi connectivity index (χ1) is 10.1. The Bertz CT molecular complexity index is 552. The second-order valence-corrected chi connectivity index (χ2v) is 9.92. The summed E-state index contributed by atoms with van der Waals surface area (Å²) in [5, 5.41) is 0. The van der Waals surface area contributed by atoms with E-state index < -0.39 is 56.6 Å². The summed E-state index contributed by atoms with van der Waals surface area (Å²) < 4.78 is 74.2. The standard InChI is InChI=1S/C6H12O12P4/c7-19-13-3-1-5-4(2-6(3)16-22(11,12)17-19)14-20(8)18-21(9,10)15-5/h3-6,19-20H,1-2H2,(H,9,10)(H,11,12)/t3-,4-,5-,6-/m1/s1. The average molecular weight is 400 g/mol. The van der Waals surface area contributed by atoms with Crippen LogP contribution in [0, 0.1) is 0 Å². The Kier molecular flexibility index (Phi) is 4.87. The van der Waals surface area contributed by atoms with Gasteiger partial charge in [-0.2, -0.15) is 0 Å². The first-order valence-corrected chi connectivity index (χ1v) is 11.4. The number of phosphoric ester groups is 2. The van der Waals surface area contributed by atoms with Crippen LogP contribution in [-0.2, 0) is 45.0 Å². The molecule has 0 aromatic rings. The van der Waals surface area contributed by atoms with Crippen molar-refractivity contribution in [2.75, 3.05) is 0 Å². The Morgan fingerprint density at radius 1 is 0.773 bits per heavy atom. The van der Waals surface area contributed by atoms with Crippen molar-refractivity contribution in [3.05, 3.63) is 0 Å². The third-order valence-corrected chi connectivity index (χ3v) is 8.27. The minimum absolute atomic E-state index is 0.155. The van der Waals surface area contributed by atoms with Crippen LogP contribution in [0.2, 0.25) is 0 Å². The second kappa shape index (κ2) is 6.15. The molecule has 0 bridgehead atoms. The third-order valence-electron chi connectivity index (χ3n) is 3.17. The molecule has 22 heavy (non-hydrogen) atoms. The van der Waals surface area contributed by atoms with Crippen LogP contribution in [0.25, 0.3) is 0 Å². The Morgan fingerprint density at radius 2 is 1.14 bits per heavy atom. The van der Waals surface area contributed by atoms with Crippen LogP contribution in [0.3, 0.4) is 0 Å². The SMILES string of the molecule is O=[PH]1O[C@@H]2C[C@H]3OP(=O)(O)O[PH](=O)O[C@@H]3C[C@H]2OP(=O)(O)O1. The highest BCUT2D eigenvalue weighted by molar-refractivity contribution is 7.56. The summed E-state index contributed by atoms with van der Waals surface area (Å²) in [5.74, 6) is 0. The van der Waals surface area contributed by atoms with Gasteiger partial charge in [-0.05, 0) is 0 Å². The smallest absolute Gasteiger partial charge is 0.304 e. The van der Waals surface area contributed by atoms with E-state index >= 15 is 0 Å². The molecule has 2 aliphatic heterocycles. The van der Waals surface area contributed by atoms with E-state index in [0.29, 0.717) is 0 Å². The maximum Gasteiger partial charge on any atom is 0.479 e. The minimum Gasteiger partial charge on any atom is -0.304 e. The lowest BCUT2D eigenvalue weighted by Crippen LogP contribution is -2.46. The van der Waals surface area contributed by atoms with Crippen molar-refractivity contribution >= 4 is 32.2 Å². The van der Waals surface area contributed by atoms with E-state index in [1.54, 1.807) is 0 Å². The van der Waals surface area contributed by atoms with Crippen molar-refractivity contribution in [1.82, 2.24) is 0 Å². The van der Waals surface area contributed by atoms with Crippen molar-refractivity contribution in [1.29, 1.82) is 0 Å². The Hall–Kier alpha value is 0.600. The number of phosphoric acid groups is 2. The highest BCUT2D eigenvalue weighted by Crippen LogP contribution is 2.62. The number of hydrogen-bond donors (Lipinski definition) is 2. The molecule has 3 rings (SSSR count). The van der Waals surface area contributed by atoms with Crippen LogP contribution in [0.4, 0.5) is 0 Å². The van der Waals surface area contributed by atoms with E-state index in [0.717, 1.165) is 0 Å². The highest BCUT2D eigenvalue weighted by Gasteiger charge is 2.50. The predicted octanol–water partition coefficient (Wildman–Crippen LogP) is 1.36. The normalized spacial score (nSPS) is 56.3. The zero-order valence-electron chi connectivity index (χ0n) is 10.6. The zero-order valence-corrected chi connectivity index (χ0v) is 14.4. The molecule has 0 amide bonds. The summed E-state index contributed by atoms with van der Waals surface area (Å²) in [7, 11) is -15.7. The Morgan fingerprint density at radius 3 is 1.50 bits per heavy atom. The van der Waals surface area contributed by atoms with Crippen molar-refractivity contribution in [3.8, 4) is 0 Å². The van der Waals surface area contributed by atoms with Gasteiger partial charge < -0.3 is 18.8 Å². The van der Waals surface area contributed by atoms with Crippen molar-refractivity contribution in [2.45, 2.75) is 37.3 Å². The van der Waals surface area contributed by atoms with Crippen LogP contribution in [0.5, 0.6) is 0 Å². The largest absolute Gasteiger partial charge is 0.479 e. The molecule has 0 radical (unpaired) electrons. The lowest BCUT2D eigenvalue weighted by atomic mass is 9.90. The molecule has 4 unspecified atom stereocenters. The number of hydrogen-bond acceptors (Lipinski definition) is 10. The lowest BCUT2D eigenvalue weighted by molar-refractivity contribution is -0.0683. The molecule has 2 heterocycles.